The van der Waals surface area contributed by atoms with Crippen molar-refractivity contribution in [3.05, 3.63) is 18.1 Å². The van der Waals surface area contributed by atoms with Crippen LogP contribution in [0.1, 0.15) is 47.2 Å². The Bertz CT molecular complexity index is 445. The summed E-state index contributed by atoms with van der Waals surface area (Å²) in [6.07, 6.45) is 4.46. The Labute approximate surface area is 116 Å². The summed E-state index contributed by atoms with van der Waals surface area (Å²) in [7, 11) is -0.426. The molecular weight excluding hydrogens is 239 g/mol. The summed E-state index contributed by atoms with van der Waals surface area (Å²) in [5, 5.41) is 0. The van der Waals surface area contributed by atoms with Crippen LogP contribution in [0.5, 0.6) is 0 Å². The van der Waals surface area contributed by atoms with Crippen molar-refractivity contribution < 1.29 is 9.31 Å². The first-order chi connectivity index (χ1) is 8.71. The molecule has 1 fully saturated rings. The summed E-state index contributed by atoms with van der Waals surface area (Å²) in [6, 6.07) is 0. The molecule has 0 saturated carbocycles. The molecule has 5 heteroatoms. The van der Waals surface area contributed by atoms with Crippen molar-refractivity contribution in [3.63, 3.8) is 0 Å². The van der Waals surface area contributed by atoms with E-state index in [2.05, 4.69) is 23.8 Å². The molecular formula is C14H23BN2O2. The minimum Gasteiger partial charge on any atom is -0.398 e. The highest BCUT2D eigenvalue weighted by molar-refractivity contribution is 6.61. The standard InChI is InChI=1S/C14H23BN2O2/c1-10(2)7-11-8-16-9-12(17-11)15-18-13(3,4)14(5,6)19-15/h8-10H,7H2,1-6H3. The quantitative estimate of drug-likeness (QED) is 0.781. The summed E-state index contributed by atoms with van der Waals surface area (Å²) >= 11 is 0. The summed E-state index contributed by atoms with van der Waals surface area (Å²) in [5.74, 6) is 0.558. The largest absolute Gasteiger partial charge is 0.516 e. The zero-order valence-corrected chi connectivity index (χ0v) is 12.7. The fourth-order valence-corrected chi connectivity index (χ4v) is 2.02. The second-order valence-corrected chi connectivity index (χ2v) is 6.62. The van der Waals surface area contributed by atoms with Gasteiger partial charge in [0.15, 0.2) is 0 Å². The van der Waals surface area contributed by atoms with Crippen LogP contribution in [0.3, 0.4) is 0 Å². The molecule has 0 radical (unpaired) electrons. The Hall–Kier alpha value is -0.935. The van der Waals surface area contributed by atoms with Gasteiger partial charge in [-0.3, -0.25) is 9.97 Å². The Morgan fingerprint density at radius 3 is 2.21 bits per heavy atom. The van der Waals surface area contributed by atoms with E-state index in [-0.39, 0.29) is 11.2 Å². The van der Waals surface area contributed by atoms with Crippen molar-refractivity contribution in [2.75, 3.05) is 0 Å². The van der Waals surface area contributed by atoms with E-state index in [9.17, 15) is 0 Å². The molecule has 4 nitrogen and oxygen atoms in total. The van der Waals surface area contributed by atoms with Gasteiger partial charge in [-0.1, -0.05) is 13.8 Å². The van der Waals surface area contributed by atoms with Gasteiger partial charge in [-0.15, -0.1) is 0 Å². The third-order valence-electron chi connectivity index (χ3n) is 3.82. The highest BCUT2D eigenvalue weighted by Crippen LogP contribution is 2.36. The van der Waals surface area contributed by atoms with Crippen LogP contribution >= 0.6 is 0 Å². The molecule has 2 heterocycles. The molecule has 1 saturated heterocycles. The minimum atomic E-state index is -0.426. The lowest BCUT2D eigenvalue weighted by molar-refractivity contribution is 0.00578. The fraction of sp³-hybridized carbons (Fsp3) is 0.714. The van der Waals surface area contributed by atoms with E-state index in [1.807, 2.05) is 33.9 Å². The number of hydrogen-bond donors (Lipinski definition) is 0. The van der Waals surface area contributed by atoms with Crippen LogP contribution in [0.25, 0.3) is 0 Å². The third-order valence-corrected chi connectivity index (χ3v) is 3.82. The van der Waals surface area contributed by atoms with Crippen LogP contribution in [-0.4, -0.2) is 28.3 Å². The van der Waals surface area contributed by atoms with Crippen molar-refractivity contribution in [1.82, 2.24) is 9.97 Å². The van der Waals surface area contributed by atoms with E-state index >= 15 is 0 Å². The van der Waals surface area contributed by atoms with Crippen molar-refractivity contribution in [2.24, 2.45) is 5.92 Å². The van der Waals surface area contributed by atoms with Gasteiger partial charge in [0.2, 0.25) is 0 Å². The lowest BCUT2D eigenvalue weighted by Crippen LogP contribution is -2.41. The predicted molar refractivity (Wildman–Crippen MR) is 76.3 cm³/mol. The van der Waals surface area contributed by atoms with Gasteiger partial charge in [-0.05, 0) is 40.0 Å². The number of rotatable bonds is 3. The van der Waals surface area contributed by atoms with Gasteiger partial charge in [-0.25, -0.2) is 0 Å². The van der Waals surface area contributed by atoms with Crippen LogP contribution in [0.4, 0.5) is 0 Å². The van der Waals surface area contributed by atoms with E-state index in [0.717, 1.165) is 17.7 Å². The molecule has 0 N–H and O–H groups in total. The SMILES string of the molecule is CC(C)Cc1cncc(B2OC(C)(C)C(C)(C)O2)n1. The van der Waals surface area contributed by atoms with E-state index < -0.39 is 7.12 Å². The smallest absolute Gasteiger partial charge is 0.398 e. The normalized spacial score (nSPS) is 21.1. The molecule has 19 heavy (non-hydrogen) atoms. The molecule has 104 valence electrons. The molecule has 0 amide bonds. The number of nitrogens with zero attached hydrogens (tertiary/aromatic N) is 2. The Balaban J connectivity index is 2.20. The first kappa shape index (κ1) is 14.5. The maximum atomic E-state index is 5.99. The highest BCUT2D eigenvalue weighted by atomic mass is 16.7. The van der Waals surface area contributed by atoms with Gasteiger partial charge < -0.3 is 9.31 Å². The average Bonchev–Trinajstić information content (AvgIpc) is 2.47. The molecule has 0 aliphatic carbocycles. The average molecular weight is 262 g/mol. The maximum absolute atomic E-state index is 5.99. The molecule has 1 aromatic heterocycles. The molecule has 2 rings (SSSR count). The van der Waals surface area contributed by atoms with Crippen molar-refractivity contribution in [3.8, 4) is 0 Å². The first-order valence-electron chi connectivity index (χ1n) is 6.88. The van der Waals surface area contributed by atoms with Gasteiger partial charge >= 0.3 is 7.12 Å². The van der Waals surface area contributed by atoms with Crippen LogP contribution in [0, 0.1) is 5.92 Å². The molecule has 0 aromatic carbocycles. The number of aromatic nitrogens is 2. The van der Waals surface area contributed by atoms with Crippen molar-refractivity contribution in [2.45, 2.75) is 59.2 Å². The maximum Gasteiger partial charge on any atom is 0.516 e. The van der Waals surface area contributed by atoms with Crippen LogP contribution < -0.4 is 5.59 Å². The molecule has 0 bridgehead atoms. The third kappa shape index (κ3) is 2.98. The summed E-state index contributed by atoms with van der Waals surface area (Å²) in [4.78, 5) is 8.87. The Kier molecular flexibility index (Phi) is 3.71. The van der Waals surface area contributed by atoms with Crippen LogP contribution in [0.15, 0.2) is 12.4 Å². The van der Waals surface area contributed by atoms with Gasteiger partial charge in [0, 0.05) is 12.4 Å². The predicted octanol–water partition coefficient (Wildman–Crippen LogP) is 1.97. The molecule has 0 atom stereocenters. The second-order valence-electron chi connectivity index (χ2n) is 6.62. The van der Waals surface area contributed by atoms with Gasteiger partial charge in [0.1, 0.15) is 0 Å². The van der Waals surface area contributed by atoms with E-state index in [1.165, 1.54) is 0 Å². The zero-order valence-electron chi connectivity index (χ0n) is 12.7. The van der Waals surface area contributed by atoms with E-state index in [0.29, 0.717) is 5.92 Å². The lowest BCUT2D eigenvalue weighted by atomic mass is 9.85. The lowest BCUT2D eigenvalue weighted by Gasteiger charge is -2.32. The topological polar surface area (TPSA) is 44.2 Å². The number of hydrogen-bond acceptors (Lipinski definition) is 4. The molecule has 1 aliphatic heterocycles. The van der Waals surface area contributed by atoms with Gasteiger partial charge in [-0.2, -0.15) is 0 Å². The summed E-state index contributed by atoms with van der Waals surface area (Å²) in [6.45, 7) is 12.5. The second kappa shape index (κ2) is 4.87. The molecule has 0 spiro atoms. The van der Waals surface area contributed by atoms with E-state index in [4.69, 9.17) is 9.31 Å². The monoisotopic (exact) mass is 262 g/mol. The molecule has 0 unspecified atom stereocenters. The minimum absolute atomic E-state index is 0.340. The summed E-state index contributed by atoms with van der Waals surface area (Å²) < 4.78 is 12.0. The fourth-order valence-electron chi connectivity index (χ4n) is 2.02. The van der Waals surface area contributed by atoms with Crippen molar-refractivity contribution in [1.29, 1.82) is 0 Å². The molecule has 1 aliphatic rings. The van der Waals surface area contributed by atoms with Gasteiger partial charge in [0.05, 0.1) is 22.5 Å². The zero-order chi connectivity index (χ0) is 14.3. The molecule has 1 aromatic rings. The van der Waals surface area contributed by atoms with Crippen molar-refractivity contribution >= 4 is 12.7 Å². The Morgan fingerprint density at radius 2 is 1.68 bits per heavy atom. The highest BCUT2D eigenvalue weighted by Gasteiger charge is 2.52. The van der Waals surface area contributed by atoms with Crippen LogP contribution in [0.2, 0.25) is 0 Å². The Morgan fingerprint density at radius 1 is 1.11 bits per heavy atom. The van der Waals surface area contributed by atoms with Gasteiger partial charge in [0.25, 0.3) is 0 Å². The summed E-state index contributed by atoms with van der Waals surface area (Å²) in [5.41, 5.74) is 1.07. The first-order valence-corrected chi connectivity index (χ1v) is 6.88. The van der Waals surface area contributed by atoms with Crippen LogP contribution in [-0.2, 0) is 15.7 Å². The van der Waals surface area contributed by atoms with E-state index in [1.54, 1.807) is 6.20 Å².